The molecule has 3 N–H and O–H groups in total. The van der Waals surface area contributed by atoms with Crippen molar-refractivity contribution in [1.29, 1.82) is 0 Å². The van der Waals surface area contributed by atoms with Gasteiger partial charge in [0.15, 0.2) is 0 Å². The molecule has 0 saturated carbocycles. The second-order valence-electron chi connectivity index (χ2n) is 3.91. The van der Waals surface area contributed by atoms with Crippen LogP contribution in [-0.2, 0) is 0 Å². The number of benzene rings is 1. The standard InChI is InChI=1S/C12H12FN3O2S/c1-6-3-4-7(5-8(6)13)15-12-9(10(17)14-2)11(18)16-19-12/h3-5,15H,1-2H3,(H,14,17)(H,16,18). The van der Waals surface area contributed by atoms with Gasteiger partial charge in [0.25, 0.3) is 11.5 Å². The summed E-state index contributed by atoms with van der Waals surface area (Å²) in [6.07, 6.45) is 0. The van der Waals surface area contributed by atoms with Gasteiger partial charge in [0.2, 0.25) is 0 Å². The topological polar surface area (TPSA) is 74.0 Å². The van der Waals surface area contributed by atoms with Crippen LogP contribution in [0.3, 0.4) is 0 Å². The van der Waals surface area contributed by atoms with E-state index in [2.05, 4.69) is 15.0 Å². The number of aromatic amines is 1. The van der Waals surface area contributed by atoms with E-state index in [4.69, 9.17) is 0 Å². The number of aryl methyl sites for hydroxylation is 1. The maximum Gasteiger partial charge on any atom is 0.273 e. The minimum Gasteiger partial charge on any atom is -0.355 e. The Morgan fingerprint density at radius 1 is 1.42 bits per heavy atom. The van der Waals surface area contributed by atoms with Crippen molar-refractivity contribution in [3.63, 3.8) is 0 Å². The van der Waals surface area contributed by atoms with E-state index in [-0.39, 0.29) is 11.4 Å². The summed E-state index contributed by atoms with van der Waals surface area (Å²) < 4.78 is 15.9. The highest BCUT2D eigenvalue weighted by Gasteiger charge is 2.17. The molecule has 1 aromatic carbocycles. The van der Waals surface area contributed by atoms with Gasteiger partial charge in [-0.05, 0) is 36.2 Å². The Bertz CT molecular complexity index is 678. The molecule has 5 nitrogen and oxygen atoms in total. The highest BCUT2D eigenvalue weighted by Crippen LogP contribution is 2.23. The highest BCUT2D eigenvalue weighted by atomic mass is 32.1. The van der Waals surface area contributed by atoms with Gasteiger partial charge in [-0.15, -0.1) is 0 Å². The lowest BCUT2D eigenvalue weighted by atomic mass is 10.2. The first kappa shape index (κ1) is 13.3. The van der Waals surface area contributed by atoms with Crippen molar-refractivity contribution < 1.29 is 9.18 Å². The average molecular weight is 281 g/mol. The number of aromatic nitrogens is 1. The second kappa shape index (κ2) is 5.23. The van der Waals surface area contributed by atoms with Gasteiger partial charge in [-0.2, -0.15) is 0 Å². The summed E-state index contributed by atoms with van der Waals surface area (Å²) in [7, 11) is 1.44. The quantitative estimate of drug-likeness (QED) is 0.805. The molecule has 2 aromatic rings. The summed E-state index contributed by atoms with van der Waals surface area (Å²) in [5.41, 5.74) is 0.524. The van der Waals surface area contributed by atoms with Crippen LogP contribution in [0.4, 0.5) is 15.1 Å². The van der Waals surface area contributed by atoms with E-state index < -0.39 is 11.5 Å². The lowest BCUT2D eigenvalue weighted by Crippen LogP contribution is -2.24. The van der Waals surface area contributed by atoms with E-state index in [9.17, 15) is 14.0 Å². The van der Waals surface area contributed by atoms with Crippen LogP contribution in [0.25, 0.3) is 0 Å². The zero-order valence-corrected chi connectivity index (χ0v) is 11.2. The first-order chi connectivity index (χ1) is 9.02. The molecular formula is C12H12FN3O2S. The van der Waals surface area contributed by atoms with Crippen molar-refractivity contribution in [3.05, 3.63) is 45.5 Å². The number of H-pyrrole nitrogens is 1. The summed E-state index contributed by atoms with van der Waals surface area (Å²) in [5.74, 6) is -0.841. The Kier molecular flexibility index (Phi) is 3.66. The van der Waals surface area contributed by atoms with Gasteiger partial charge >= 0.3 is 0 Å². The Balaban J connectivity index is 2.36. The van der Waals surface area contributed by atoms with Crippen LogP contribution >= 0.6 is 11.5 Å². The van der Waals surface area contributed by atoms with Gasteiger partial charge in [-0.1, -0.05) is 6.07 Å². The number of anilines is 2. The first-order valence-electron chi connectivity index (χ1n) is 5.49. The predicted molar refractivity (Wildman–Crippen MR) is 72.7 cm³/mol. The van der Waals surface area contributed by atoms with E-state index >= 15 is 0 Å². The number of halogens is 1. The van der Waals surface area contributed by atoms with Crippen molar-refractivity contribution >= 4 is 28.1 Å². The van der Waals surface area contributed by atoms with Crippen molar-refractivity contribution in [2.45, 2.75) is 6.92 Å². The number of rotatable bonds is 3. The molecule has 19 heavy (non-hydrogen) atoms. The van der Waals surface area contributed by atoms with Crippen LogP contribution in [0.5, 0.6) is 0 Å². The zero-order chi connectivity index (χ0) is 14.0. The van der Waals surface area contributed by atoms with Gasteiger partial charge in [-0.25, -0.2) is 4.39 Å². The third-order valence-electron chi connectivity index (χ3n) is 2.58. The minimum atomic E-state index is -0.488. The largest absolute Gasteiger partial charge is 0.355 e. The van der Waals surface area contributed by atoms with Crippen LogP contribution in [0.1, 0.15) is 15.9 Å². The van der Waals surface area contributed by atoms with Crippen molar-refractivity contribution in [2.24, 2.45) is 0 Å². The van der Waals surface area contributed by atoms with E-state index in [0.717, 1.165) is 11.5 Å². The summed E-state index contributed by atoms with van der Waals surface area (Å²) in [6, 6.07) is 4.61. The molecule has 0 aliphatic heterocycles. The monoisotopic (exact) mass is 281 g/mol. The van der Waals surface area contributed by atoms with Crippen molar-refractivity contribution in [2.75, 3.05) is 12.4 Å². The number of carbonyl (C=O) groups is 1. The number of hydrogen-bond donors (Lipinski definition) is 3. The van der Waals surface area contributed by atoms with Gasteiger partial charge in [-0.3, -0.25) is 14.0 Å². The molecule has 0 atom stereocenters. The molecule has 1 aromatic heterocycles. The third kappa shape index (κ3) is 2.65. The van der Waals surface area contributed by atoms with E-state index in [1.165, 1.54) is 13.1 Å². The Labute approximate surface area is 112 Å². The van der Waals surface area contributed by atoms with E-state index in [0.29, 0.717) is 16.3 Å². The highest BCUT2D eigenvalue weighted by molar-refractivity contribution is 7.10. The molecule has 2 rings (SSSR count). The number of amides is 1. The predicted octanol–water partition coefficient (Wildman–Crippen LogP) is 1.99. The molecular weight excluding hydrogens is 269 g/mol. The van der Waals surface area contributed by atoms with Crippen LogP contribution in [0, 0.1) is 12.7 Å². The molecule has 0 aliphatic rings. The summed E-state index contributed by atoms with van der Waals surface area (Å²) in [6.45, 7) is 1.66. The zero-order valence-electron chi connectivity index (χ0n) is 10.3. The molecule has 0 spiro atoms. The fourth-order valence-electron chi connectivity index (χ4n) is 1.52. The fourth-order valence-corrected chi connectivity index (χ4v) is 2.28. The number of nitrogens with one attached hydrogen (secondary N) is 3. The summed E-state index contributed by atoms with van der Waals surface area (Å²) >= 11 is 0.993. The molecule has 0 aliphatic carbocycles. The SMILES string of the molecule is CNC(=O)c1c(Nc2ccc(C)c(F)c2)s[nH]c1=O. The van der Waals surface area contributed by atoms with Crippen LogP contribution < -0.4 is 16.2 Å². The molecule has 1 heterocycles. The molecule has 0 unspecified atom stereocenters. The molecule has 0 fully saturated rings. The van der Waals surface area contributed by atoms with Gasteiger partial charge < -0.3 is 10.6 Å². The van der Waals surface area contributed by atoms with Crippen molar-refractivity contribution in [1.82, 2.24) is 9.69 Å². The second-order valence-corrected chi connectivity index (χ2v) is 4.72. The van der Waals surface area contributed by atoms with Gasteiger partial charge in [0.05, 0.1) is 0 Å². The summed E-state index contributed by atoms with van der Waals surface area (Å²) in [5, 5.41) is 5.61. The molecule has 0 bridgehead atoms. The number of hydrogen-bond acceptors (Lipinski definition) is 4. The van der Waals surface area contributed by atoms with Crippen LogP contribution in [0.2, 0.25) is 0 Å². The fraction of sp³-hybridized carbons (Fsp3) is 0.167. The lowest BCUT2D eigenvalue weighted by Gasteiger charge is -2.06. The smallest absolute Gasteiger partial charge is 0.273 e. The Morgan fingerprint density at radius 2 is 2.16 bits per heavy atom. The van der Waals surface area contributed by atoms with Crippen molar-refractivity contribution in [3.8, 4) is 0 Å². The normalized spacial score (nSPS) is 10.3. The lowest BCUT2D eigenvalue weighted by molar-refractivity contribution is 0.0963. The Hall–Kier alpha value is -2.15. The third-order valence-corrected chi connectivity index (χ3v) is 3.38. The van der Waals surface area contributed by atoms with Gasteiger partial charge in [0, 0.05) is 12.7 Å². The van der Waals surface area contributed by atoms with Crippen LogP contribution in [-0.4, -0.2) is 17.3 Å². The van der Waals surface area contributed by atoms with Crippen LogP contribution in [0.15, 0.2) is 23.0 Å². The maximum atomic E-state index is 13.4. The molecule has 7 heteroatoms. The summed E-state index contributed by atoms with van der Waals surface area (Å²) in [4.78, 5) is 23.1. The molecule has 1 amide bonds. The van der Waals surface area contributed by atoms with Gasteiger partial charge in [0.1, 0.15) is 16.4 Å². The molecule has 0 saturated heterocycles. The van der Waals surface area contributed by atoms with E-state index in [1.807, 2.05) is 0 Å². The number of carbonyl (C=O) groups excluding carboxylic acids is 1. The first-order valence-corrected chi connectivity index (χ1v) is 6.31. The Morgan fingerprint density at radius 3 is 2.79 bits per heavy atom. The molecule has 0 radical (unpaired) electrons. The molecule has 100 valence electrons. The maximum absolute atomic E-state index is 13.4. The van der Waals surface area contributed by atoms with E-state index in [1.54, 1.807) is 19.1 Å². The minimum absolute atomic E-state index is 0.00603. The average Bonchev–Trinajstić information content (AvgIpc) is 2.74.